The first kappa shape index (κ1) is 20.1. The monoisotopic (exact) mass is 420 g/mol. The van der Waals surface area contributed by atoms with Crippen molar-refractivity contribution in [3.63, 3.8) is 0 Å². The van der Waals surface area contributed by atoms with Crippen LogP contribution < -0.4 is 14.9 Å². The number of aryl methyl sites for hydroxylation is 1. The molecule has 158 valence electrons. The Balaban J connectivity index is 1.68. The Morgan fingerprint density at radius 2 is 2.00 bits per heavy atom. The smallest absolute Gasteiger partial charge is 0.340 e. The van der Waals surface area contributed by atoms with Gasteiger partial charge < -0.3 is 19.1 Å². The second-order valence-corrected chi connectivity index (χ2v) is 6.51. The highest BCUT2D eigenvalue weighted by Crippen LogP contribution is 2.33. The third kappa shape index (κ3) is 3.48. The number of rotatable bonds is 7. The highest BCUT2D eigenvalue weighted by molar-refractivity contribution is 6.04. The fourth-order valence-corrected chi connectivity index (χ4v) is 3.50. The Hall–Kier alpha value is -4.21. The van der Waals surface area contributed by atoms with Crippen LogP contribution in [-0.4, -0.2) is 51.3 Å². The highest BCUT2D eigenvalue weighted by atomic mass is 16.5. The molecule has 0 fully saturated rings. The zero-order valence-electron chi connectivity index (χ0n) is 17.2. The van der Waals surface area contributed by atoms with Gasteiger partial charge in [-0.05, 0) is 25.1 Å². The van der Waals surface area contributed by atoms with Crippen LogP contribution in [0.3, 0.4) is 0 Å². The molecule has 4 rings (SSSR count). The largest absolute Gasteiger partial charge is 0.493 e. The molecule has 0 saturated carbocycles. The summed E-state index contributed by atoms with van der Waals surface area (Å²) in [7, 11) is 2.82. The first-order valence-electron chi connectivity index (χ1n) is 9.48. The molecule has 0 aliphatic heterocycles. The van der Waals surface area contributed by atoms with Crippen LogP contribution in [0.4, 0.5) is 5.95 Å². The summed E-state index contributed by atoms with van der Waals surface area (Å²) < 4.78 is 12.4. The summed E-state index contributed by atoms with van der Waals surface area (Å²) in [4.78, 5) is 16.3. The number of carboxylic acid groups (broad SMARTS) is 1. The Labute approximate surface area is 177 Å². The molecule has 0 bridgehead atoms. The van der Waals surface area contributed by atoms with E-state index in [-0.39, 0.29) is 17.3 Å². The number of benzene rings is 2. The lowest BCUT2D eigenvalue weighted by molar-refractivity contribution is 0.0692. The maximum atomic E-state index is 11.7. The van der Waals surface area contributed by atoms with Crippen molar-refractivity contribution in [1.82, 2.24) is 19.7 Å². The summed E-state index contributed by atoms with van der Waals surface area (Å²) in [5.74, 6) is -0.538. The maximum Gasteiger partial charge on any atom is 0.340 e. The minimum Gasteiger partial charge on any atom is -0.493 e. The van der Waals surface area contributed by atoms with Crippen molar-refractivity contribution < 1.29 is 19.4 Å². The molecule has 4 aromatic rings. The number of hydrogen-bond donors (Lipinski definition) is 2. The van der Waals surface area contributed by atoms with Crippen molar-refractivity contribution in [2.24, 2.45) is 5.10 Å². The van der Waals surface area contributed by atoms with Gasteiger partial charge in [-0.2, -0.15) is 10.1 Å². The normalized spacial score (nSPS) is 11.3. The predicted molar refractivity (Wildman–Crippen MR) is 116 cm³/mol. The van der Waals surface area contributed by atoms with Gasteiger partial charge in [0, 0.05) is 17.5 Å². The number of carboxylic acids is 1. The van der Waals surface area contributed by atoms with Crippen LogP contribution in [0.1, 0.15) is 22.8 Å². The van der Waals surface area contributed by atoms with E-state index >= 15 is 0 Å². The first-order chi connectivity index (χ1) is 15.1. The van der Waals surface area contributed by atoms with Gasteiger partial charge in [-0.25, -0.2) is 10.2 Å². The van der Waals surface area contributed by atoms with Crippen LogP contribution in [0.2, 0.25) is 0 Å². The van der Waals surface area contributed by atoms with E-state index in [2.05, 4.69) is 25.7 Å². The number of methoxy groups -OCH3 is 2. The van der Waals surface area contributed by atoms with E-state index in [1.54, 1.807) is 12.1 Å². The van der Waals surface area contributed by atoms with Crippen LogP contribution in [0.15, 0.2) is 41.5 Å². The van der Waals surface area contributed by atoms with E-state index in [9.17, 15) is 9.90 Å². The molecule has 2 heterocycles. The number of aromatic nitrogens is 4. The summed E-state index contributed by atoms with van der Waals surface area (Å²) in [6, 6.07) is 11.1. The SMILES string of the molecule is CCn1c2ccccc2c2nnc(NN=Cc3ccc(OC)c(OC)c3C(=O)O)nc21. The zero-order chi connectivity index (χ0) is 22.0. The number of anilines is 1. The summed E-state index contributed by atoms with van der Waals surface area (Å²) in [6.45, 7) is 2.75. The molecule has 10 nitrogen and oxygen atoms in total. The van der Waals surface area contributed by atoms with Gasteiger partial charge in [0.1, 0.15) is 11.1 Å². The number of fused-ring (bicyclic) bond motifs is 3. The Kier molecular flexibility index (Phi) is 5.35. The van der Waals surface area contributed by atoms with Gasteiger partial charge in [0.15, 0.2) is 17.1 Å². The van der Waals surface area contributed by atoms with Gasteiger partial charge in [0.25, 0.3) is 5.95 Å². The number of ether oxygens (including phenoxy) is 2. The predicted octanol–water partition coefficient (Wildman–Crippen LogP) is 3.16. The zero-order valence-corrected chi connectivity index (χ0v) is 17.2. The number of carbonyl (C=O) groups is 1. The van der Waals surface area contributed by atoms with Crippen molar-refractivity contribution in [3.8, 4) is 11.5 Å². The third-order valence-corrected chi connectivity index (χ3v) is 4.85. The van der Waals surface area contributed by atoms with Crippen molar-refractivity contribution in [2.45, 2.75) is 13.5 Å². The molecular weight excluding hydrogens is 400 g/mol. The molecule has 0 aliphatic carbocycles. The number of hydrogen-bond acceptors (Lipinski definition) is 8. The minimum absolute atomic E-state index is 0.0620. The topological polar surface area (TPSA) is 124 Å². The van der Waals surface area contributed by atoms with Crippen LogP contribution in [-0.2, 0) is 6.54 Å². The lowest BCUT2D eigenvalue weighted by Gasteiger charge is -2.12. The summed E-state index contributed by atoms with van der Waals surface area (Å²) in [6.07, 6.45) is 1.36. The van der Waals surface area contributed by atoms with Gasteiger partial charge >= 0.3 is 5.97 Å². The molecule has 2 aromatic heterocycles. The van der Waals surface area contributed by atoms with Crippen molar-refractivity contribution in [2.75, 3.05) is 19.6 Å². The third-order valence-electron chi connectivity index (χ3n) is 4.85. The second-order valence-electron chi connectivity index (χ2n) is 6.51. The molecule has 31 heavy (non-hydrogen) atoms. The van der Waals surface area contributed by atoms with Gasteiger partial charge in [-0.1, -0.05) is 18.2 Å². The van der Waals surface area contributed by atoms with E-state index in [0.717, 1.165) is 17.4 Å². The van der Waals surface area contributed by atoms with E-state index in [1.807, 2.05) is 35.8 Å². The molecule has 0 aliphatic rings. The van der Waals surface area contributed by atoms with Crippen molar-refractivity contribution >= 4 is 40.2 Å². The van der Waals surface area contributed by atoms with Gasteiger partial charge in [0.2, 0.25) is 0 Å². The van der Waals surface area contributed by atoms with Gasteiger partial charge in [-0.3, -0.25) is 0 Å². The number of hydrazone groups is 1. The summed E-state index contributed by atoms with van der Waals surface area (Å²) >= 11 is 0. The Morgan fingerprint density at radius 3 is 2.71 bits per heavy atom. The molecule has 2 aromatic carbocycles. The summed E-state index contributed by atoms with van der Waals surface area (Å²) in [5.41, 5.74) is 5.41. The average Bonchev–Trinajstić information content (AvgIpc) is 3.11. The molecule has 0 saturated heterocycles. The number of aromatic carboxylic acids is 1. The molecule has 2 N–H and O–H groups in total. The van der Waals surface area contributed by atoms with E-state index < -0.39 is 5.97 Å². The average molecular weight is 420 g/mol. The quantitative estimate of drug-likeness (QED) is 0.345. The fourth-order valence-electron chi connectivity index (χ4n) is 3.50. The van der Waals surface area contributed by atoms with E-state index in [0.29, 0.717) is 22.5 Å². The maximum absolute atomic E-state index is 11.7. The van der Waals surface area contributed by atoms with E-state index in [4.69, 9.17) is 9.47 Å². The Morgan fingerprint density at radius 1 is 1.19 bits per heavy atom. The van der Waals surface area contributed by atoms with Crippen LogP contribution in [0.25, 0.3) is 22.1 Å². The van der Waals surface area contributed by atoms with E-state index in [1.165, 1.54) is 20.4 Å². The van der Waals surface area contributed by atoms with Gasteiger partial charge in [0.05, 0.1) is 26.0 Å². The van der Waals surface area contributed by atoms with Crippen LogP contribution >= 0.6 is 0 Å². The lowest BCUT2D eigenvalue weighted by atomic mass is 10.1. The number of nitrogens with zero attached hydrogens (tertiary/aromatic N) is 5. The Bertz CT molecular complexity index is 1310. The molecule has 0 unspecified atom stereocenters. The first-order valence-corrected chi connectivity index (χ1v) is 9.48. The van der Waals surface area contributed by atoms with Crippen LogP contribution in [0, 0.1) is 0 Å². The molecule has 0 atom stereocenters. The molecule has 0 amide bonds. The lowest BCUT2D eigenvalue weighted by Crippen LogP contribution is -2.07. The van der Waals surface area contributed by atoms with Gasteiger partial charge in [-0.15, -0.1) is 10.2 Å². The second kappa shape index (κ2) is 8.27. The molecular formula is C21H20N6O4. The number of para-hydroxylation sites is 1. The van der Waals surface area contributed by atoms with Crippen molar-refractivity contribution in [3.05, 3.63) is 47.5 Å². The van der Waals surface area contributed by atoms with Crippen molar-refractivity contribution in [1.29, 1.82) is 0 Å². The van der Waals surface area contributed by atoms with Crippen LogP contribution in [0.5, 0.6) is 11.5 Å². The molecule has 0 radical (unpaired) electrons. The highest BCUT2D eigenvalue weighted by Gasteiger charge is 2.20. The number of nitrogens with one attached hydrogen (secondary N) is 1. The standard InChI is InChI=1S/C21H20N6O4/c1-4-27-14-8-6-5-7-13(14)17-19(27)23-21(26-24-17)25-22-11-12-9-10-15(30-2)18(31-3)16(12)20(28)29/h5-11H,4H2,1-3H3,(H,28,29)(H,23,25,26). The molecule has 0 spiro atoms. The minimum atomic E-state index is -1.16. The fraction of sp³-hybridized carbons (Fsp3) is 0.190. The molecule has 10 heteroatoms. The summed E-state index contributed by atoms with van der Waals surface area (Å²) in [5, 5.41) is 23.1.